The van der Waals surface area contributed by atoms with Crippen LogP contribution in [0.25, 0.3) is 0 Å². The maximum atomic E-state index is 11.1. The summed E-state index contributed by atoms with van der Waals surface area (Å²) in [5.74, 6) is 0.579. The second-order valence-electron chi connectivity index (χ2n) is 4.14. The van der Waals surface area contributed by atoms with E-state index in [4.69, 9.17) is 10.5 Å². The van der Waals surface area contributed by atoms with Gasteiger partial charge in [-0.2, -0.15) is 0 Å². The molecule has 14 heavy (non-hydrogen) atoms. The van der Waals surface area contributed by atoms with Gasteiger partial charge in [-0.05, 0) is 32.1 Å². The minimum absolute atomic E-state index is 0.0633. The van der Waals surface area contributed by atoms with Crippen LogP contribution >= 0.6 is 0 Å². The number of hydrogen-bond donors (Lipinski definition) is 1. The molecule has 0 aromatic rings. The highest BCUT2D eigenvalue weighted by atomic mass is 16.5. The van der Waals surface area contributed by atoms with E-state index in [1.807, 2.05) is 6.92 Å². The van der Waals surface area contributed by atoms with Crippen molar-refractivity contribution in [3.05, 3.63) is 0 Å². The zero-order valence-electron chi connectivity index (χ0n) is 9.00. The molecule has 0 bridgehead atoms. The highest BCUT2D eigenvalue weighted by Crippen LogP contribution is 2.26. The van der Waals surface area contributed by atoms with Crippen LogP contribution < -0.4 is 5.73 Å². The van der Waals surface area contributed by atoms with E-state index < -0.39 is 0 Å². The van der Waals surface area contributed by atoms with Gasteiger partial charge in [0, 0.05) is 12.5 Å². The van der Waals surface area contributed by atoms with Crippen LogP contribution in [0, 0.1) is 5.92 Å². The minimum atomic E-state index is -0.0633. The van der Waals surface area contributed by atoms with Gasteiger partial charge in [0.25, 0.3) is 0 Å². The average molecular weight is 199 g/mol. The predicted molar refractivity (Wildman–Crippen MR) is 55.8 cm³/mol. The van der Waals surface area contributed by atoms with Crippen molar-refractivity contribution in [2.24, 2.45) is 11.7 Å². The summed E-state index contributed by atoms with van der Waals surface area (Å²) in [6, 6.07) is 0.357. The number of hydrogen-bond acceptors (Lipinski definition) is 3. The zero-order valence-corrected chi connectivity index (χ0v) is 9.00. The van der Waals surface area contributed by atoms with Gasteiger partial charge in [0.1, 0.15) is 0 Å². The average Bonchev–Trinajstić information content (AvgIpc) is 2.15. The lowest BCUT2D eigenvalue weighted by Gasteiger charge is -2.26. The first-order valence-corrected chi connectivity index (χ1v) is 5.63. The standard InChI is InChI=1S/C11H21NO2/c1-2-14-11(13)7-6-9-4-3-5-10(12)8-9/h9-10H,2-8,12H2,1H3/t9-,10+/m1/s1. The largest absolute Gasteiger partial charge is 0.466 e. The maximum Gasteiger partial charge on any atom is 0.305 e. The van der Waals surface area contributed by atoms with Crippen LogP contribution in [0.1, 0.15) is 45.4 Å². The van der Waals surface area contributed by atoms with Gasteiger partial charge >= 0.3 is 5.97 Å². The fourth-order valence-electron chi connectivity index (χ4n) is 2.15. The van der Waals surface area contributed by atoms with E-state index in [0.717, 1.165) is 19.3 Å². The van der Waals surface area contributed by atoms with Crippen molar-refractivity contribution in [3.8, 4) is 0 Å². The van der Waals surface area contributed by atoms with Gasteiger partial charge in [-0.1, -0.05) is 12.8 Å². The molecule has 0 spiro atoms. The molecule has 0 aromatic carbocycles. The second-order valence-corrected chi connectivity index (χ2v) is 4.14. The molecule has 0 unspecified atom stereocenters. The minimum Gasteiger partial charge on any atom is -0.466 e. The summed E-state index contributed by atoms with van der Waals surface area (Å²) in [6.07, 6.45) is 6.19. The smallest absolute Gasteiger partial charge is 0.305 e. The number of rotatable bonds is 4. The number of carbonyl (C=O) groups excluding carboxylic acids is 1. The van der Waals surface area contributed by atoms with Crippen molar-refractivity contribution in [3.63, 3.8) is 0 Å². The summed E-state index contributed by atoms with van der Waals surface area (Å²) in [5.41, 5.74) is 5.87. The van der Waals surface area contributed by atoms with Gasteiger partial charge in [0.05, 0.1) is 6.61 Å². The Balaban J connectivity index is 2.14. The van der Waals surface area contributed by atoms with Crippen LogP contribution in [0.5, 0.6) is 0 Å². The van der Waals surface area contributed by atoms with E-state index in [1.165, 1.54) is 12.8 Å². The summed E-state index contributed by atoms with van der Waals surface area (Å²) < 4.78 is 4.89. The van der Waals surface area contributed by atoms with Crippen LogP contribution in [0.2, 0.25) is 0 Å². The molecule has 1 aliphatic carbocycles. The molecular weight excluding hydrogens is 178 g/mol. The van der Waals surface area contributed by atoms with Crippen molar-refractivity contribution in [1.29, 1.82) is 0 Å². The molecule has 0 saturated heterocycles. The summed E-state index contributed by atoms with van der Waals surface area (Å²) in [5, 5.41) is 0. The summed E-state index contributed by atoms with van der Waals surface area (Å²) >= 11 is 0. The van der Waals surface area contributed by atoms with Gasteiger partial charge in [0.15, 0.2) is 0 Å². The van der Waals surface area contributed by atoms with Crippen LogP contribution in [0.15, 0.2) is 0 Å². The van der Waals surface area contributed by atoms with E-state index in [1.54, 1.807) is 0 Å². The Morgan fingerprint density at radius 3 is 2.93 bits per heavy atom. The van der Waals surface area contributed by atoms with Gasteiger partial charge in [-0.15, -0.1) is 0 Å². The third kappa shape index (κ3) is 4.09. The predicted octanol–water partition coefficient (Wildman–Crippen LogP) is 1.85. The first-order valence-electron chi connectivity index (χ1n) is 5.63. The Morgan fingerprint density at radius 2 is 2.29 bits per heavy atom. The summed E-state index contributed by atoms with van der Waals surface area (Å²) in [6.45, 7) is 2.33. The fraction of sp³-hybridized carbons (Fsp3) is 0.909. The topological polar surface area (TPSA) is 52.3 Å². The van der Waals surface area contributed by atoms with Crippen LogP contribution in [-0.2, 0) is 9.53 Å². The molecule has 2 atom stereocenters. The Labute approximate surface area is 86.0 Å². The van der Waals surface area contributed by atoms with E-state index in [0.29, 0.717) is 25.0 Å². The van der Waals surface area contributed by atoms with Gasteiger partial charge in [-0.25, -0.2) is 0 Å². The lowest BCUT2D eigenvalue weighted by molar-refractivity contribution is -0.143. The molecule has 0 heterocycles. The van der Waals surface area contributed by atoms with Crippen molar-refractivity contribution in [1.82, 2.24) is 0 Å². The number of ether oxygens (including phenoxy) is 1. The normalized spacial score (nSPS) is 27.3. The Kier molecular flexibility index (Phi) is 4.94. The molecule has 1 aliphatic rings. The summed E-state index contributed by atoms with van der Waals surface area (Å²) in [4.78, 5) is 11.1. The highest BCUT2D eigenvalue weighted by molar-refractivity contribution is 5.69. The first kappa shape index (κ1) is 11.5. The van der Waals surface area contributed by atoms with E-state index in [9.17, 15) is 4.79 Å². The third-order valence-corrected chi connectivity index (χ3v) is 2.89. The van der Waals surface area contributed by atoms with Crippen LogP contribution in [0.3, 0.4) is 0 Å². The Morgan fingerprint density at radius 1 is 1.50 bits per heavy atom. The first-order chi connectivity index (χ1) is 6.72. The molecule has 1 saturated carbocycles. The SMILES string of the molecule is CCOC(=O)CC[C@H]1CCC[C@H](N)C1. The monoisotopic (exact) mass is 199 g/mol. The molecule has 0 radical (unpaired) electrons. The highest BCUT2D eigenvalue weighted by Gasteiger charge is 2.19. The molecule has 82 valence electrons. The van der Waals surface area contributed by atoms with Crippen molar-refractivity contribution < 1.29 is 9.53 Å². The summed E-state index contributed by atoms with van der Waals surface area (Å²) in [7, 11) is 0. The van der Waals surface area contributed by atoms with Crippen molar-refractivity contribution in [2.75, 3.05) is 6.61 Å². The molecule has 0 aliphatic heterocycles. The third-order valence-electron chi connectivity index (χ3n) is 2.89. The maximum absolute atomic E-state index is 11.1. The quantitative estimate of drug-likeness (QED) is 0.703. The molecule has 1 rings (SSSR count). The van der Waals surface area contributed by atoms with E-state index >= 15 is 0 Å². The number of esters is 1. The van der Waals surface area contributed by atoms with Crippen LogP contribution in [0.4, 0.5) is 0 Å². The molecule has 1 fully saturated rings. The van der Waals surface area contributed by atoms with Crippen molar-refractivity contribution >= 4 is 5.97 Å². The fourth-order valence-corrected chi connectivity index (χ4v) is 2.15. The van der Waals surface area contributed by atoms with Crippen LogP contribution in [-0.4, -0.2) is 18.6 Å². The molecule has 0 aromatic heterocycles. The molecule has 3 nitrogen and oxygen atoms in total. The Bertz CT molecular complexity index is 182. The van der Waals surface area contributed by atoms with Gasteiger partial charge < -0.3 is 10.5 Å². The van der Waals surface area contributed by atoms with Crippen molar-refractivity contribution in [2.45, 2.75) is 51.5 Å². The number of carbonyl (C=O) groups is 1. The molecule has 3 heteroatoms. The molecular formula is C11H21NO2. The molecule has 0 amide bonds. The van der Waals surface area contributed by atoms with E-state index in [2.05, 4.69) is 0 Å². The van der Waals surface area contributed by atoms with E-state index in [-0.39, 0.29) is 5.97 Å². The van der Waals surface area contributed by atoms with Gasteiger partial charge in [0.2, 0.25) is 0 Å². The number of nitrogens with two attached hydrogens (primary N) is 1. The zero-order chi connectivity index (χ0) is 10.4. The lowest BCUT2D eigenvalue weighted by Crippen LogP contribution is -2.28. The molecule has 2 N–H and O–H groups in total. The Hall–Kier alpha value is -0.570. The van der Waals surface area contributed by atoms with Gasteiger partial charge in [-0.3, -0.25) is 4.79 Å². The second kappa shape index (κ2) is 6.02. The lowest BCUT2D eigenvalue weighted by atomic mass is 9.83.